The maximum absolute atomic E-state index is 13.6. The van der Waals surface area contributed by atoms with Gasteiger partial charge in [0.15, 0.2) is 6.10 Å². The van der Waals surface area contributed by atoms with Crippen molar-refractivity contribution >= 4 is 29.2 Å². The van der Waals surface area contributed by atoms with Crippen LogP contribution in [-0.4, -0.2) is 44.5 Å². The molecular formula is C22H25F2N3O4. The molecular weight excluding hydrogens is 408 g/mol. The average Bonchev–Trinajstić information content (AvgIpc) is 2.71. The Morgan fingerprint density at radius 1 is 1.06 bits per heavy atom. The number of nitrogens with one attached hydrogen (secondary N) is 2. The fourth-order valence-electron chi connectivity index (χ4n) is 2.60. The van der Waals surface area contributed by atoms with Gasteiger partial charge in [-0.15, -0.1) is 0 Å². The Balaban J connectivity index is 1.71. The number of anilines is 2. The van der Waals surface area contributed by atoms with Crippen LogP contribution in [0.1, 0.15) is 30.1 Å². The normalized spacial score (nSPS) is 11.4. The van der Waals surface area contributed by atoms with Gasteiger partial charge in [-0.25, -0.2) is 8.78 Å². The molecule has 0 spiro atoms. The highest BCUT2D eigenvalue weighted by molar-refractivity contribution is 5.95. The van der Waals surface area contributed by atoms with Crippen LogP contribution < -0.4 is 15.5 Å². The number of halogens is 2. The van der Waals surface area contributed by atoms with E-state index in [1.807, 2.05) is 31.1 Å². The lowest BCUT2D eigenvalue weighted by Crippen LogP contribution is -2.30. The minimum absolute atomic E-state index is 0.0403. The fourth-order valence-corrected chi connectivity index (χ4v) is 2.60. The van der Waals surface area contributed by atoms with Crippen LogP contribution in [0.4, 0.5) is 20.2 Å². The molecule has 0 aromatic heterocycles. The minimum Gasteiger partial charge on any atom is -0.453 e. The zero-order valence-electron chi connectivity index (χ0n) is 17.6. The van der Waals surface area contributed by atoms with Crippen LogP contribution in [0.3, 0.4) is 0 Å². The van der Waals surface area contributed by atoms with E-state index >= 15 is 0 Å². The number of amides is 2. The Morgan fingerprint density at radius 2 is 1.74 bits per heavy atom. The Labute approximate surface area is 179 Å². The number of ether oxygens (including phenoxy) is 1. The van der Waals surface area contributed by atoms with Gasteiger partial charge in [0, 0.05) is 44.5 Å². The first-order valence-corrected chi connectivity index (χ1v) is 9.68. The van der Waals surface area contributed by atoms with Gasteiger partial charge in [0.25, 0.3) is 11.8 Å². The summed E-state index contributed by atoms with van der Waals surface area (Å²) in [4.78, 5) is 37.9. The first kappa shape index (κ1) is 23.8. The summed E-state index contributed by atoms with van der Waals surface area (Å²) in [5, 5.41) is 5.11. The van der Waals surface area contributed by atoms with E-state index < -0.39 is 35.5 Å². The third kappa shape index (κ3) is 7.36. The summed E-state index contributed by atoms with van der Waals surface area (Å²) in [5.41, 5.74) is 1.27. The van der Waals surface area contributed by atoms with Crippen LogP contribution in [0.2, 0.25) is 0 Å². The second kappa shape index (κ2) is 11.1. The molecule has 9 heteroatoms. The van der Waals surface area contributed by atoms with Crippen LogP contribution in [0, 0.1) is 11.6 Å². The maximum Gasteiger partial charge on any atom is 0.306 e. The van der Waals surface area contributed by atoms with Crippen molar-refractivity contribution in [1.29, 1.82) is 0 Å². The van der Waals surface area contributed by atoms with E-state index in [1.54, 1.807) is 12.1 Å². The molecule has 166 valence electrons. The predicted octanol–water partition coefficient (Wildman–Crippen LogP) is 3.11. The van der Waals surface area contributed by atoms with Crippen LogP contribution in [-0.2, 0) is 14.3 Å². The molecule has 0 heterocycles. The van der Waals surface area contributed by atoms with Gasteiger partial charge in [-0.3, -0.25) is 14.4 Å². The van der Waals surface area contributed by atoms with Gasteiger partial charge >= 0.3 is 5.97 Å². The maximum atomic E-state index is 13.6. The van der Waals surface area contributed by atoms with E-state index in [1.165, 1.54) is 6.92 Å². The first-order valence-electron chi connectivity index (χ1n) is 9.68. The van der Waals surface area contributed by atoms with Gasteiger partial charge in [0.1, 0.15) is 11.6 Å². The molecule has 2 aromatic rings. The number of hydrogen-bond donors (Lipinski definition) is 2. The Kier molecular flexibility index (Phi) is 8.48. The molecule has 31 heavy (non-hydrogen) atoms. The standard InChI is InChI=1S/C22H25F2N3O4/c1-14(21(29)26-16-7-9-17(10-8-16)27(2)3)31-20(28)5-4-12-25-22(30)18-11-6-15(23)13-19(18)24/h6-11,13-14H,4-5,12H2,1-3H3,(H,25,30)(H,26,29). The lowest BCUT2D eigenvalue weighted by Gasteiger charge is -2.15. The molecule has 0 bridgehead atoms. The van der Waals surface area contributed by atoms with Crippen LogP contribution in [0.25, 0.3) is 0 Å². The summed E-state index contributed by atoms with van der Waals surface area (Å²) >= 11 is 0. The fraction of sp³-hybridized carbons (Fsp3) is 0.318. The summed E-state index contributed by atoms with van der Waals surface area (Å²) in [5.74, 6) is -3.52. The molecule has 1 unspecified atom stereocenters. The molecule has 2 N–H and O–H groups in total. The lowest BCUT2D eigenvalue weighted by molar-refractivity contribution is -0.153. The number of esters is 1. The van der Waals surface area contributed by atoms with Gasteiger partial charge in [-0.05, 0) is 49.7 Å². The van der Waals surface area contributed by atoms with E-state index in [4.69, 9.17) is 4.74 Å². The summed E-state index contributed by atoms with van der Waals surface area (Å²) in [6, 6.07) is 9.83. The van der Waals surface area contributed by atoms with Crippen molar-refractivity contribution in [3.63, 3.8) is 0 Å². The van der Waals surface area contributed by atoms with Crippen molar-refractivity contribution in [2.24, 2.45) is 0 Å². The average molecular weight is 433 g/mol. The topological polar surface area (TPSA) is 87.7 Å². The molecule has 2 rings (SSSR count). The molecule has 0 aliphatic heterocycles. The largest absolute Gasteiger partial charge is 0.453 e. The molecule has 0 radical (unpaired) electrons. The molecule has 0 aliphatic carbocycles. The molecule has 0 fully saturated rings. The van der Waals surface area contributed by atoms with Gasteiger partial charge < -0.3 is 20.3 Å². The predicted molar refractivity (Wildman–Crippen MR) is 113 cm³/mol. The second-order valence-corrected chi connectivity index (χ2v) is 7.05. The van der Waals surface area contributed by atoms with Gasteiger partial charge in [-0.1, -0.05) is 0 Å². The number of benzene rings is 2. The lowest BCUT2D eigenvalue weighted by atomic mass is 10.2. The Bertz CT molecular complexity index is 933. The van der Waals surface area contributed by atoms with E-state index in [9.17, 15) is 23.2 Å². The smallest absolute Gasteiger partial charge is 0.306 e. The van der Waals surface area contributed by atoms with Crippen molar-refractivity contribution in [2.75, 3.05) is 30.9 Å². The Morgan fingerprint density at radius 3 is 2.35 bits per heavy atom. The quantitative estimate of drug-likeness (QED) is 0.469. The number of hydrogen-bond acceptors (Lipinski definition) is 5. The van der Waals surface area contributed by atoms with Gasteiger partial charge in [0.2, 0.25) is 0 Å². The van der Waals surface area contributed by atoms with Crippen LogP contribution in [0.5, 0.6) is 0 Å². The highest BCUT2D eigenvalue weighted by Crippen LogP contribution is 2.16. The molecule has 2 amide bonds. The monoisotopic (exact) mass is 433 g/mol. The van der Waals surface area contributed by atoms with E-state index in [-0.39, 0.29) is 24.9 Å². The third-order valence-corrected chi connectivity index (χ3v) is 4.35. The number of rotatable bonds is 9. The SMILES string of the molecule is CC(OC(=O)CCCNC(=O)c1ccc(F)cc1F)C(=O)Nc1ccc(N(C)C)cc1. The summed E-state index contributed by atoms with van der Waals surface area (Å²) in [6.07, 6.45) is -0.807. The summed E-state index contributed by atoms with van der Waals surface area (Å²) in [7, 11) is 3.81. The van der Waals surface area contributed by atoms with E-state index in [0.29, 0.717) is 11.8 Å². The molecule has 0 aliphatic rings. The molecule has 1 atom stereocenters. The highest BCUT2D eigenvalue weighted by Gasteiger charge is 2.18. The molecule has 0 saturated heterocycles. The van der Waals surface area contributed by atoms with Crippen LogP contribution in [0.15, 0.2) is 42.5 Å². The number of carbonyl (C=O) groups is 3. The zero-order valence-corrected chi connectivity index (χ0v) is 17.6. The van der Waals surface area contributed by atoms with Gasteiger partial charge in [0.05, 0.1) is 5.56 Å². The Hall–Kier alpha value is -3.49. The summed E-state index contributed by atoms with van der Waals surface area (Å²) in [6.45, 7) is 1.55. The summed E-state index contributed by atoms with van der Waals surface area (Å²) < 4.78 is 31.5. The highest BCUT2D eigenvalue weighted by atomic mass is 19.1. The second-order valence-electron chi connectivity index (χ2n) is 7.05. The van der Waals surface area contributed by atoms with Gasteiger partial charge in [-0.2, -0.15) is 0 Å². The van der Waals surface area contributed by atoms with Crippen molar-refractivity contribution in [1.82, 2.24) is 5.32 Å². The first-order chi connectivity index (χ1) is 14.7. The molecule has 0 saturated carbocycles. The molecule has 2 aromatic carbocycles. The molecule has 7 nitrogen and oxygen atoms in total. The zero-order chi connectivity index (χ0) is 23.0. The third-order valence-electron chi connectivity index (χ3n) is 4.35. The van der Waals surface area contributed by atoms with Crippen molar-refractivity contribution in [3.8, 4) is 0 Å². The number of carbonyl (C=O) groups excluding carboxylic acids is 3. The number of nitrogens with zero attached hydrogens (tertiary/aromatic N) is 1. The minimum atomic E-state index is -0.996. The van der Waals surface area contributed by atoms with Crippen molar-refractivity contribution in [2.45, 2.75) is 25.9 Å². The van der Waals surface area contributed by atoms with E-state index in [0.717, 1.165) is 17.8 Å². The van der Waals surface area contributed by atoms with Crippen LogP contribution >= 0.6 is 0 Å². The van der Waals surface area contributed by atoms with E-state index in [2.05, 4.69) is 10.6 Å². The van der Waals surface area contributed by atoms with Crippen molar-refractivity contribution < 1.29 is 27.9 Å². The van der Waals surface area contributed by atoms with Crippen molar-refractivity contribution in [3.05, 3.63) is 59.7 Å².